The van der Waals surface area contributed by atoms with Crippen molar-refractivity contribution < 1.29 is 0 Å². The number of hydrogen-bond donors (Lipinski definition) is 1. The Kier molecular flexibility index (Phi) is 5.32. The van der Waals surface area contributed by atoms with Gasteiger partial charge in [-0.05, 0) is 56.7 Å². The Balaban J connectivity index is 1.67. The van der Waals surface area contributed by atoms with Crippen molar-refractivity contribution >= 4 is 0 Å². The van der Waals surface area contributed by atoms with E-state index in [0.717, 1.165) is 18.5 Å². The molecule has 116 valence electrons. The second-order valence-corrected chi connectivity index (χ2v) is 6.85. The van der Waals surface area contributed by atoms with E-state index in [2.05, 4.69) is 47.5 Å². The minimum Gasteiger partial charge on any atom is -0.312 e. The first-order valence-electron chi connectivity index (χ1n) is 8.89. The average Bonchev–Trinajstić information content (AvgIpc) is 3.35. The first-order valence-corrected chi connectivity index (χ1v) is 8.89. The lowest BCUT2D eigenvalue weighted by Gasteiger charge is -2.31. The molecule has 0 radical (unpaired) electrons. The summed E-state index contributed by atoms with van der Waals surface area (Å²) in [5.74, 6) is 0.947. The summed E-state index contributed by atoms with van der Waals surface area (Å²) < 4.78 is 0. The van der Waals surface area contributed by atoms with Crippen molar-refractivity contribution in [2.24, 2.45) is 5.92 Å². The van der Waals surface area contributed by atoms with Gasteiger partial charge in [0, 0.05) is 18.6 Å². The quantitative estimate of drug-likeness (QED) is 0.850. The minimum absolute atomic E-state index is 0.558. The zero-order chi connectivity index (χ0) is 14.5. The molecule has 1 heterocycles. The molecule has 2 nitrogen and oxygen atoms in total. The molecule has 2 unspecified atom stereocenters. The fourth-order valence-corrected chi connectivity index (χ4v) is 3.61. The largest absolute Gasteiger partial charge is 0.312 e. The van der Waals surface area contributed by atoms with Crippen LogP contribution in [0.4, 0.5) is 0 Å². The van der Waals surface area contributed by atoms with E-state index >= 15 is 0 Å². The van der Waals surface area contributed by atoms with Gasteiger partial charge < -0.3 is 5.32 Å². The van der Waals surface area contributed by atoms with E-state index in [-0.39, 0.29) is 0 Å². The summed E-state index contributed by atoms with van der Waals surface area (Å²) in [6.07, 6.45) is 8.27. The zero-order valence-corrected chi connectivity index (χ0v) is 13.4. The van der Waals surface area contributed by atoms with Crippen LogP contribution in [0.3, 0.4) is 0 Å². The third kappa shape index (κ3) is 4.31. The summed E-state index contributed by atoms with van der Waals surface area (Å²) in [7, 11) is 0. The number of benzene rings is 1. The third-order valence-electron chi connectivity index (χ3n) is 5.26. The van der Waals surface area contributed by atoms with Crippen LogP contribution in [-0.2, 0) is 0 Å². The molecular weight excluding hydrogens is 256 g/mol. The molecule has 21 heavy (non-hydrogen) atoms. The maximum absolute atomic E-state index is 3.76. The molecule has 2 aliphatic rings. The summed E-state index contributed by atoms with van der Waals surface area (Å²) in [5, 5.41) is 3.76. The molecule has 2 fully saturated rings. The van der Waals surface area contributed by atoms with Gasteiger partial charge >= 0.3 is 0 Å². The van der Waals surface area contributed by atoms with Crippen LogP contribution in [0.2, 0.25) is 0 Å². The predicted molar refractivity (Wildman–Crippen MR) is 89.4 cm³/mol. The average molecular weight is 286 g/mol. The summed E-state index contributed by atoms with van der Waals surface area (Å²) in [4.78, 5) is 2.74. The van der Waals surface area contributed by atoms with Crippen molar-refractivity contribution in [3.8, 4) is 0 Å². The zero-order valence-electron chi connectivity index (χ0n) is 13.4. The molecule has 1 aromatic rings. The number of rotatable bonds is 6. The lowest BCUT2D eigenvalue weighted by atomic mass is 9.98. The van der Waals surface area contributed by atoms with Crippen molar-refractivity contribution in [1.82, 2.24) is 10.2 Å². The normalized spacial score (nSPS) is 25.5. The molecule has 0 aromatic heterocycles. The van der Waals surface area contributed by atoms with Gasteiger partial charge in [0.05, 0.1) is 0 Å². The molecule has 1 aliphatic carbocycles. The fraction of sp³-hybridized carbons (Fsp3) is 0.684. The monoisotopic (exact) mass is 286 g/mol. The first kappa shape index (κ1) is 15.1. The second-order valence-electron chi connectivity index (χ2n) is 6.85. The van der Waals surface area contributed by atoms with Crippen LogP contribution in [-0.4, -0.2) is 30.6 Å². The number of hydrogen-bond acceptors (Lipinski definition) is 2. The third-order valence-corrected chi connectivity index (χ3v) is 5.26. The molecule has 1 aromatic carbocycles. The number of nitrogens with one attached hydrogen (secondary N) is 1. The van der Waals surface area contributed by atoms with Gasteiger partial charge in [-0.15, -0.1) is 0 Å². The van der Waals surface area contributed by atoms with E-state index in [1.165, 1.54) is 57.2 Å². The summed E-state index contributed by atoms with van der Waals surface area (Å²) in [6, 6.07) is 12.5. The first-order chi connectivity index (χ1) is 10.4. The van der Waals surface area contributed by atoms with Gasteiger partial charge in [0.25, 0.3) is 0 Å². The molecule has 1 saturated carbocycles. The van der Waals surface area contributed by atoms with Gasteiger partial charge in [-0.2, -0.15) is 0 Å². The molecule has 1 saturated heterocycles. The van der Waals surface area contributed by atoms with Crippen molar-refractivity contribution in [3.05, 3.63) is 35.9 Å². The SMILES string of the molecule is CCC1CCCN(C(CNC2CC2)c2ccccc2)CC1. The van der Waals surface area contributed by atoms with Crippen LogP contribution < -0.4 is 5.32 Å². The molecule has 2 heteroatoms. The van der Waals surface area contributed by atoms with Gasteiger partial charge in [0.15, 0.2) is 0 Å². The standard InChI is InChI=1S/C19H30N2/c1-2-16-7-6-13-21(14-12-16)19(15-20-18-10-11-18)17-8-4-3-5-9-17/h3-5,8-9,16,18-20H,2,6-7,10-15H2,1H3. The fourth-order valence-electron chi connectivity index (χ4n) is 3.61. The molecule has 0 spiro atoms. The summed E-state index contributed by atoms with van der Waals surface area (Å²) >= 11 is 0. The van der Waals surface area contributed by atoms with Crippen molar-refractivity contribution in [2.75, 3.05) is 19.6 Å². The molecule has 1 aliphatic heterocycles. The Hall–Kier alpha value is -0.860. The minimum atomic E-state index is 0.558. The molecule has 1 N–H and O–H groups in total. The predicted octanol–water partition coefficient (Wildman–Crippen LogP) is 3.99. The molecule has 0 bridgehead atoms. The Morgan fingerprint density at radius 3 is 2.62 bits per heavy atom. The van der Waals surface area contributed by atoms with Crippen molar-refractivity contribution in [3.63, 3.8) is 0 Å². The highest BCUT2D eigenvalue weighted by Crippen LogP contribution is 2.28. The second kappa shape index (κ2) is 7.42. The Morgan fingerprint density at radius 1 is 1.10 bits per heavy atom. The Bertz CT molecular complexity index is 413. The van der Waals surface area contributed by atoms with E-state index in [1.807, 2.05) is 0 Å². The lowest BCUT2D eigenvalue weighted by Crippen LogP contribution is -2.37. The van der Waals surface area contributed by atoms with Crippen LogP contribution in [0.15, 0.2) is 30.3 Å². The molecular formula is C19H30N2. The highest BCUT2D eigenvalue weighted by atomic mass is 15.2. The van der Waals surface area contributed by atoms with E-state index in [4.69, 9.17) is 0 Å². The number of likely N-dealkylation sites (tertiary alicyclic amines) is 1. The van der Waals surface area contributed by atoms with E-state index in [0.29, 0.717) is 6.04 Å². The highest BCUT2D eigenvalue weighted by Gasteiger charge is 2.27. The molecule has 3 rings (SSSR count). The van der Waals surface area contributed by atoms with Crippen LogP contribution in [0, 0.1) is 5.92 Å². The van der Waals surface area contributed by atoms with Crippen molar-refractivity contribution in [1.29, 1.82) is 0 Å². The van der Waals surface area contributed by atoms with Gasteiger partial charge in [0.2, 0.25) is 0 Å². The van der Waals surface area contributed by atoms with E-state index in [1.54, 1.807) is 0 Å². The maximum atomic E-state index is 3.76. The van der Waals surface area contributed by atoms with Gasteiger partial charge in [-0.3, -0.25) is 4.90 Å². The van der Waals surface area contributed by atoms with E-state index in [9.17, 15) is 0 Å². The smallest absolute Gasteiger partial charge is 0.0472 e. The van der Waals surface area contributed by atoms with E-state index < -0.39 is 0 Å². The number of nitrogens with zero attached hydrogens (tertiary/aromatic N) is 1. The van der Waals surface area contributed by atoms with Gasteiger partial charge in [-0.25, -0.2) is 0 Å². The molecule has 2 atom stereocenters. The lowest BCUT2D eigenvalue weighted by molar-refractivity contribution is 0.197. The van der Waals surface area contributed by atoms with Crippen LogP contribution in [0.1, 0.15) is 57.1 Å². The van der Waals surface area contributed by atoms with Crippen molar-refractivity contribution in [2.45, 2.75) is 57.5 Å². The maximum Gasteiger partial charge on any atom is 0.0472 e. The Labute approximate surface area is 129 Å². The van der Waals surface area contributed by atoms with Crippen LogP contribution >= 0.6 is 0 Å². The summed E-state index contributed by atoms with van der Waals surface area (Å²) in [5.41, 5.74) is 1.49. The Morgan fingerprint density at radius 2 is 1.90 bits per heavy atom. The van der Waals surface area contributed by atoms with Gasteiger partial charge in [-0.1, -0.05) is 43.7 Å². The molecule has 0 amide bonds. The van der Waals surface area contributed by atoms with Crippen LogP contribution in [0.5, 0.6) is 0 Å². The highest BCUT2D eigenvalue weighted by molar-refractivity contribution is 5.19. The summed E-state index contributed by atoms with van der Waals surface area (Å²) in [6.45, 7) is 6.00. The topological polar surface area (TPSA) is 15.3 Å². The van der Waals surface area contributed by atoms with Crippen LogP contribution in [0.25, 0.3) is 0 Å². The van der Waals surface area contributed by atoms with Gasteiger partial charge in [0.1, 0.15) is 0 Å².